The highest BCUT2D eigenvalue weighted by Crippen LogP contribution is 2.25. The second-order valence-corrected chi connectivity index (χ2v) is 4.89. The zero-order valence-corrected chi connectivity index (χ0v) is 11.6. The average molecular weight is 299 g/mol. The fourth-order valence-corrected chi connectivity index (χ4v) is 2.00. The number of hydrogen-bond donors (Lipinski definition) is 1. The van der Waals surface area contributed by atoms with Gasteiger partial charge in [-0.1, -0.05) is 11.6 Å². The molecule has 0 aliphatic rings. The Labute approximate surface area is 119 Å². The molecule has 0 aliphatic heterocycles. The Kier molecular flexibility index (Phi) is 4.44. The molecular weight excluding hydrogens is 283 g/mol. The molecule has 2 N–H and O–H groups in total. The van der Waals surface area contributed by atoms with Gasteiger partial charge in [0, 0.05) is 24.2 Å². The molecule has 0 saturated heterocycles. The molecule has 0 unspecified atom stereocenters. The summed E-state index contributed by atoms with van der Waals surface area (Å²) in [7, 11) is 0. The third kappa shape index (κ3) is 4.17. The van der Waals surface area contributed by atoms with Crippen molar-refractivity contribution in [3.8, 4) is 11.4 Å². The summed E-state index contributed by atoms with van der Waals surface area (Å²) >= 11 is 0. The van der Waals surface area contributed by atoms with Gasteiger partial charge >= 0.3 is 6.18 Å². The number of nitrogen functional groups attached to an aromatic ring is 1. The molecule has 8 heteroatoms. The summed E-state index contributed by atoms with van der Waals surface area (Å²) in [6, 6.07) is 5.48. The molecule has 21 heavy (non-hydrogen) atoms. The van der Waals surface area contributed by atoms with Crippen LogP contribution in [0.4, 0.5) is 18.9 Å². The molecule has 114 valence electrons. The van der Waals surface area contributed by atoms with Gasteiger partial charge in [-0.15, -0.1) is 5.10 Å². The normalized spacial score (nSPS) is 11.8. The molecule has 1 heterocycles. The molecular formula is C13H16F3N5. The van der Waals surface area contributed by atoms with E-state index in [2.05, 4.69) is 15.5 Å². The van der Waals surface area contributed by atoms with Crippen LogP contribution in [0.1, 0.15) is 24.8 Å². The largest absolute Gasteiger partial charge is 0.398 e. The maximum absolute atomic E-state index is 12.1. The average Bonchev–Trinajstić information content (AvgIpc) is 2.85. The lowest BCUT2D eigenvalue weighted by Gasteiger charge is -2.08. The molecule has 0 saturated carbocycles. The molecule has 0 atom stereocenters. The van der Waals surface area contributed by atoms with Crippen molar-refractivity contribution in [1.29, 1.82) is 0 Å². The van der Waals surface area contributed by atoms with Crippen LogP contribution in [0.15, 0.2) is 18.2 Å². The molecule has 2 aromatic rings. The van der Waals surface area contributed by atoms with Crippen LogP contribution in [0.5, 0.6) is 0 Å². The van der Waals surface area contributed by atoms with Crippen molar-refractivity contribution < 1.29 is 13.2 Å². The SMILES string of the molecule is Cc1ccc(N)c(-c2nnnn2CCCCC(F)(F)F)c1. The first-order chi connectivity index (χ1) is 9.87. The molecule has 0 fully saturated rings. The number of hydrogen-bond acceptors (Lipinski definition) is 4. The summed E-state index contributed by atoms with van der Waals surface area (Å²) in [5.41, 5.74) is 8.13. The third-order valence-corrected chi connectivity index (χ3v) is 3.06. The van der Waals surface area contributed by atoms with E-state index in [0.717, 1.165) is 5.56 Å². The highest BCUT2D eigenvalue weighted by molar-refractivity contribution is 5.71. The van der Waals surface area contributed by atoms with E-state index in [0.29, 0.717) is 30.0 Å². The molecule has 0 radical (unpaired) electrons. The number of aromatic nitrogens is 4. The van der Waals surface area contributed by atoms with Crippen LogP contribution in [-0.2, 0) is 6.54 Å². The van der Waals surface area contributed by atoms with Crippen LogP contribution in [0.2, 0.25) is 0 Å². The van der Waals surface area contributed by atoms with Gasteiger partial charge in [-0.3, -0.25) is 0 Å². The van der Waals surface area contributed by atoms with Gasteiger partial charge in [-0.2, -0.15) is 13.2 Å². The molecule has 0 aliphatic carbocycles. The van der Waals surface area contributed by atoms with Crippen molar-refractivity contribution in [2.24, 2.45) is 0 Å². The first-order valence-corrected chi connectivity index (χ1v) is 6.56. The molecule has 1 aromatic carbocycles. The van der Waals surface area contributed by atoms with E-state index in [4.69, 9.17) is 5.73 Å². The van der Waals surface area contributed by atoms with Crippen LogP contribution in [-0.4, -0.2) is 26.4 Å². The lowest BCUT2D eigenvalue weighted by Crippen LogP contribution is -2.09. The zero-order valence-electron chi connectivity index (χ0n) is 11.6. The molecule has 1 aromatic heterocycles. The maximum Gasteiger partial charge on any atom is 0.389 e. The Bertz CT molecular complexity index is 606. The predicted octanol–water partition coefficient (Wildman–Crippen LogP) is 2.96. The maximum atomic E-state index is 12.1. The molecule has 0 amide bonds. The van der Waals surface area contributed by atoms with Crippen LogP contribution in [0.25, 0.3) is 11.4 Å². The second kappa shape index (κ2) is 6.11. The summed E-state index contributed by atoms with van der Waals surface area (Å²) in [6.07, 6.45) is -4.52. The first-order valence-electron chi connectivity index (χ1n) is 6.56. The van der Waals surface area contributed by atoms with E-state index in [1.54, 1.807) is 6.07 Å². The summed E-state index contributed by atoms with van der Waals surface area (Å²) in [6.45, 7) is 2.24. The number of alkyl halides is 3. The highest BCUT2D eigenvalue weighted by atomic mass is 19.4. The quantitative estimate of drug-likeness (QED) is 0.680. The molecule has 2 rings (SSSR count). The number of rotatable bonds is 5. The van der Waals surface area contributed by atoms with Crippen molar-refractivity contribution in [2.75, 3.05) is 5.73 Å². The Hall–Kier alpha value is -2.12. The number of nitrogens with two attached hydrogens (primary N) is 1. The standard InChI is InChI=1S/C13H16F3N5/c1-9-4-5-11(17)10(8-9)12-18-19-20-21(12)7-3-2-6-13(14,15)16/h4-5,8H,2-3,6-7,17H2,1H3. The Morgan fingerprint density at radius 3 is 2.71 bits per heavy atom. The van der Waals surface area contributed by atoms with Gasteiger partial charge in [0.15, 0.2) is 5.82 Å². The predicted molar refractivity (Wildman–Crippen MR) is 72.3 cm³/mol. The van der Waals surface area contributed by atoms with Crippen LogP contribution in [0, 0.1) is 6.92 Å². The highest BCUT2D eigenvalue weighted by Gasteiger charge is 2.26. The Morgan fingerprint density at radius 1 is 1.24 bits per heavy atom. The smallest absolute Gasteiger partial charge is 0.389 e. The first kappa shape index (κ1) is 15.3. The summed E-state index contributed by atoms with van der Waals surface area (Å²) in [4.78, 5) is 0. The van der Waals surface area contributed by atoms with Gasteiger partial charge in [0.25, 0.3) is 0 Å². The number of tetrazole rings is 1. The number of nitrogens with zero attached hydrogens (tertiary/aromatic N) is 4. The van der Waals surface area contributed by atoms with Gasteiger partial charge in [-0.25, -0.2) is 4.68 Å². The van der Waals surface area contributed by atoms with Crippen molar-refractivity contribution >= 4 is 5.69 Å². The number of aryl methyl sites for hydroxylation is 2. The van der Waals surface area contributed by atoms with E-state index in [9.17, 15) is 13.2 Å². The van der Waals surface area contributed by atoms with E-state index >= 15 is 0 Å². The van der Waals surface area contributed by atoms with Gasteiger partial charge < -0.3 is 5.73 Å². The molecule has 0 bridgehead atoms. The summed E-state index contributed by atoms with van der Waals surface area (Å²) in [5, 5.41) is 11.3. The van der Waals surface area contributed by atoms with E-state index in [-0.39, 0.29) is 6.42 Å². The summed E-state index contributed by atoms with van der Waals surface area (Å²) in [5.74, 6) is 0.475. The third-order valence-electron chi connectivity index (χ3n) is 3.06. The van der Waals surface area contributed by atoms with Gasteiger partial charge in [-0.05, 0) is 42.3 Å². The van der Waals surface area contributed by atoms with Crippen molar-refractivity contribution in [1.82, 2.24) is 20.2 Å². The number of halogens is 3. The van der Waals surface area contributed by atoms with Crippen molar-refractivity contribution in [3.05, 3.63) is 23.8 Å². The van der Waals surface area contributed by atoms with Gasteiger partial charge in [0.05, 0.1) is 0 Å². The zero-order chi connectivity index (χ0) is 15.5. The van der Waals surface area contributed by atoms with Crippen LogP contribution >= 0.6 is 0 Å². The molecule has 5 nitrogen and oxygen atoms in total. The van der Waals surface area contributed by atoms with Crippen molar-refractivity contribution in [3.63, 3.8) is 0 Å². The number of anilines is 1. The summed E-state index contributed by atoms with van der Waals surface area (Å²) < 4.78 is 37.8. The fraction of sp³-hybridized carbons (Fsp3) is 0.462. The Morgan fingerprint density at radius 2 is 2.00 bits per heavy atom. The fourth-order valence-electron chi connectivity index (χ4n) is 2.00. The van der Waals surface area contributed by atoms with E-state index in [1.165, 1.54) is 4.68 Å². The topological polar surface area (TPSA) is 69.6 Å². The lowest BCUT2D eigenvalue weighted by molar-refractivity contribution is -0.135. The van der Waals surface area contributed by atoms with Gasteiger partial charge in [0.2, 0.25) is 0 Å². The van der Waals surface area contributed by atoms with Crippen LogP contribution < -0.4 is 5.73 Å². The lowest BCUT2D eigenvalue weighted by atomic mass is 10.1. The van der Waals surface area contributed by atoms with Gasteiger partial charge in [0.1, 0.15) is 0 Å². The second-order valence-electron chi connectivity index (χ2n) is 4.89. The van der Waals surface area contributed by atoms with Crippen LogP contribution in [0.3, 0.4) is 0 Å². The Balaban J connectivity index is 2.07. The van der Waals surface area contributed by atoms with E-state index < -0.39 is 12.6 Å². The van der Waals surface area contributed by atoms with Crippen molar-refractivity contribution in [2.45, 2.75) is 38.9 Å². The number of benzene rings is 1. The molecule has 0 spiro atoms. The minimum Gasteiger partial charge on any atom is -0.398 e. The minimum absolute atomic E-state index is 0.0477. The number of unbranched alkanes of at least 4 members (excludes halogenated alkanes) is 1. The monoisotopic (exact) mass is 299 g/mol. The minimum atomic E-state index is -4.12. The van der Waals surface area contributed by atoms with E-state index in [1.807, 2.05) is 19.1 Å².